The van der Waals surface area contributed by atoms with Gasteiger partial charge in [-0.05, 0) is 36.5 Å². The smallest absolute Gasteiger partial charge is 0.242 e. The molecular weight excluding hydrogens is 278 g/mol. The number of rotatable bonds is 5. The average molecular weight is 299 g/mol. The maximum atomic E-state index is 12.4. The van der Waals surface area contributed by atoms with Gasteiger partial charge >= 0.3 is 0 Å². The summed E-state index contributed by atoms with van der Waals surface area (Å²) < 4.78 is 31.6. The third kappa shape index (κ3) is 3.58. The van der Waals surface area contributed by atoms with Gasteiger partial charge in [0.15, 0.2) is 0 Å². The number of hydrogen-bond acceptors (Lipinski definition) is 4. The Labute approximate surface area is 120 Å². The molecule has 0 aromatic heterocycles. The topological polar surface area (TPSA) is 66.8 Å². The number of sulfonamides is 1. The molecular formula is C14H21NO4S. The first kappa shape index (κ1) is 15.4. The highest BCUT2D eigenvalue weighted by Gasteiger charge is 2.24. The van der Waals surface area contributed by atoms with E-state index in [1.54, 1.807) is 31.3 Å². The summed E-state index contributed by atoms with van der Waals surface area (Å²) in [6.07, 6.45) is 1.81. The molecule has 6 heteroatoms. The van der Waals surface area contributed by atoms with E-state index in [0.717, 1.165) is 12.8 Å². The molecule has 1 heterocycles. The number of hydrogen-bond donors (Lipinski definition) is 1. The zero-order valence-corrected chi connectivity index (χ0v) is 12.5. The fourth-order valence-electron chi connectivity index (χ4n) is 2.34. The molecule has 112 valence electrons. The molecule has 1 aromatic rings. The van der Waals surface area contributed by atoms with Crippen LogP contribution in [0.1, 0.15) is 18.4 Å². The van der Waals surface area contributed by atoms with Crippen LogP contribution in [0.2, 0.25) is 0 Å². The summed E-state index contributed by atoms with van der Waals surface area (Å²) in [5.74, 6) is 0.361. The summed E-state index contributed by atoms with van der Waals surface area (Å²) in [6.45, 7) is 1.86. The second-order valence-electron chi connectivity index (χ2n) is 5.14. The van der Waals surface area contributed by atoms with Crippen LogP contribution in [-0.4, -0.2) is 44.6 Å². The van der Waals surface area contributed by atoms with E-state index in [4.69, 9.17) is 9.84 Å². The van der Waals surface area contributed by atoms with Crippen LogP contribution in [-0.2, 0) is 21.4 Å². The molecule has 5 nitrogen and oxygen atoms in total. The van der Waals surface area contributed by atoms with E-state index >= 15 is 0 Å². The molecule has 0 aliphatic carbocycles. The van der Waals surface area contributed by atoms with Crippen LogP contribution in [0.5, 0.6) is 0 Å². The highest BCUT2D eigenvalue weighted by Crippen LogP contribution is 2.20. The summed E-state index contributed by atoms with van der Waals surface area (Å²) in [5.41, 5.74) is 0.705. The molecule has 0 amide bonds. The lowest BCUT2D eigenvalue weighted by atomic mass is 10.0. The van der Waals surface area contributed by atoms with Crippen molar-refractivity contribution in [1.82, 2.24) is 4.31 Å². The van der Waals surface area contributed by atoms with Crippen molar-refractivity contribution in [1.29, 1.82) is 0 Å². The summed E-state index contributed by atoms with van der Waals surface area (Å²) in [5, 5.41) is 8.99. The predicted molar refractivity (Wildman–Crippen MR) is 75.7 cm³/mol. The highest BCUT2D eigenvalue weighted by molar-refractivity contribution is 7.89. The molecule has 0 saturated carbocycles. The standard InChI is InChI=1S/C14H21NO4S/c1-15(10-12-6-8-19-9-7-12)20(17,18)14-4-2-13(11-16)3-5-14/h2-5,12,16H,6-11H2,1H3. The normalized spacial score (nSPS) is 17.6. The van der Waals surface area contributed by atoms with Crippen LogP contribution >= 0.6 is 0 Å². The van der Waals surface area contributed by atoms with Crippen molar-refractivity contribution in [2.75, 3.05) is 26.8 Å². The third-order valence-electron chi connectivity index (χ3n) is 3.67. The van der Waals surface area contributed by atoms with Crippen LogP contribution < -0.4 is 0 Å². The zero-order chi connectivity index (χ0) is 14.6. The molecule has 1 aromatic carbocycles. The number of aliphatic hydroxyl groups excluding tert-OH is 1. The highest BCUT2D eigenvalue weighted by atomic mass is 32.2. The van der Waals surface area contributed by atoms with E-state index in [2.05, 4.69) is 0 Å². The van der Waals surface area contributed by atoms with E-state index in [9.17, 15) is 8.42 Å². The van der Waals surface area contributed by atoms with E-state index < -0.39 is 10.0 Å². The molecule has 20 heavy (non-hydrogen) atoms. The lowest BCUT2D eigenvalue weighted by Gasteiger charge is -2.26. The van der Waals surface area contributed by atoms with Crippen molar-refractivity contribution in [3.63, 3.8) is 0 Å². The van der Waals surface area contributed by atoms with Crippen LogP contribution in [0.3, 0.4) is 0 Å². The molecule has 1 N–H and O–H groups in total. The van der Waals surface area contributed by atoms with Gasteiger partial charge in [-0.2, -0.15) is 0 Å². The van der Waals surface area contributed by atoms with Gasteiger partial charge in [0.2, 0.25) is 10.0 Å². The van der Waals surface area contributed by atoms with Gasteiger partial charge < -0.3 is 9.84 Å². The number of ether oxygens (including phenoxy) is 1. The Balaban J connectivity index is 2.07. The quantitative estimate of drug-likeness (QED) is 0.888. The van der Waals surface area contributed by atoms with Crippen LogP contribution in [0, 0.1) is 5.92 Å². The van der Waals surface area contributed by atoms with Gasteiger partial charge in [0.05, 0.1) is 11.5 Å². The van der Waals surface area contributed by atoms with Gasteiger partial charge in [-0.3, -0.25) is 0 Å². The van der Waals surface area contributed by atoms with Gasteiger partial charge in [-0.25, -0.2) is 12.7 Å². The molecule has 0 spiro atoms. The molecule has 2 rings (SSSR count). The first-order valence-corrected chi connectivity index (χ1v) is 8.22. The number of aliphatic hydroxyl groups is 1. The first-order valence-electron chi connectivity index (χ1n) is 6.78. The van der Waals surface area contributed by atoms with Crippen molar-refractivity contribution in [3.8, 4) is 0 Å². The minimum atomic E-state index is -3.45. The maximum absolute atomic E-state index is 12.4. The lowest BCUT2D eigenvalue weighted by molar-refractivity contribution is 0.0620. The molecule has 0 radical (unpaired) electrons. The summed E-state index contributed by atoms with van der Waals surface area (Å²) in [7, 11) is -1.84. The second-order valence-corrected chi connectivity index (χ2v) is 7.19. The Hall–Kier alpha value is -0.950. The minimum Gasteiger partial charge on any atom is -0.392 e. The predicted octanol–water partition coefficient (Wildman–Crippen LogP) is 1.23. The molecule has 0 unspecified atom stereocenters. The minimum absolute atomic E-state index is 0.0851. The molecule has 0 atom stereocenters. The molecule has 1 aliphatic rings. The Morgan fingerprint density at radius 3 is 2.40 bits per heavy atom. The van der Waals surface area contributed by atoms with Crippen LogP contribution in [0.25, 0.3) is 0 Å². The van der Waals surface area contributed by atoms with E-state index in [0.29, 0.717) is 31.2 Å². The van der Waals surface area contributed by atoms with Gasteiger partial charge in [0, 0.05) is 26.8 Å². The monoisotopic (exact) mass is 299 g/mol. The van der Waals surface area contributed by atoms with Crippen LogP contribution in [0.15, 0.2) is 29.2 Å². The van der Waals surface area contributed by atoms with E-state index in [1.807, 2.05) is 0 Å². The van der Waals surface area contributed by atoms with Gasteiger partial charge in [0.1, 0.15) is 0 Å². The van der Waals surface area contributed by atoms with Gasteiger partial charge in [-0.1, -0.05) is 12.1 Å². The summed E-state index contributed by atoms with van der Waals surface area (Å²) >= 11 is 0. The fourth-order valence-corrected chi connectivity index (χ4v) is 3.58. The average Bonchev–Trinajstić information content (AvgIpc) is 2.48. The van der Waals surface area contributed by atoms with Crippen molar-refractivity contribution < 1.29 is 18.3 Å². The molecule has 1 saturated heterocycles. The molecule has 1 aliphatic heterocycles. The molecule has 1 fully saturated rings. The first-order chi connectivity index (χ1) is 9.54. The van der Waals surface area contributed by atoms with Crippen molar-refractivity contribution in [3.05, 3.63) is 29.8 Å². The Morgan fingerprint density at radius 2 is 1.85 bits per heavy atom. The molecule has 0 bridgehead atoms. The summed E-state index contributed by atoms with van der Waals surface area (Å²) in [6, 6.07) is 6.35. The van der Waals surface area contributed by atoms with Gasteiger partial charge in [-0.15, -0.1) is 0 Å². The van der Waals surface area contributed by atoms with E-state index in [1.165, 1.54) is 4.31 Å². The van der Waals surface area contributed by atoms with Gasteiger partial charge in [0.25, 0.3) is 0 Å². The third-order valence-corrected chi connectivity index (χ3v) is 5.51. The number of benzene rings is 1. The SMILES string of the molecule is CN(CC1CCOCC1)S(=O)(=O)c1ccc(CO)cc1. The summed E-state index contributed by atoms with van der Waals surface area (Å²) in [4.78, 5) is 0.268. The Morgan fingerprint density at radius 1 is 1.25 bits per heavy atom. The van der Waals surface area contributed by atoms with Crippen molar-refractivity contribution in [2.24, 2.45) is 5.92 Å². The van der Waals surface area contributed by atoms with Crippen molar-refractivity contribution >= 4 is 10.0 Å². The largest absolute Gasteiger partial charge is 0.392 e. The van der Waals surface area contributed by atoms with Crippen molar-refractivity contribution in [2.45, 2.75) is 24.3 Å². The van der Waals surface area contributed by atoms with E-state index in [-0.39, 0.29) is 11.5 Å². The maximum Gasteiger partial charge on any atom is 0.242 e. The zero-order valence-electron chi connectivity index (χ0n) is 11.7. The Kier molecular flexibility index (Phi) is 5.15. The number of nitrogens with zero attached hydrogens (tertiary/aromatic N) is 1. The van der Waals surface area contributed by atoms with Crippen LogP contribution in [0.4, 0.5) is 0 Å². The second kappa shape index (κ2) is 6.67. The lowest BCUT2D eigenvalue weighted by Crippen LogP contribution is -2.34. The fraction of sp³-hybridized carbons (Fsp3) is 0.571. The Bertz CT molecular complexity index is 521.